The molecule has 0 aliphatic carbocycles. The lowest BCUT2D eigenvalue weighted by Crippen LogP contribution is -2.34. The average Bonchev–Trinajstić information content (AvgIpc) is 2.19. The average molecular weight is 208 g/mol. The van der Waals surface area contributed by atoms with E-state index in [-0.39, 0.29) is 11.9 Å². The molecule has 2 N–H and O–H groups in total. The van der Waals surface area contributed by atoms with E-state index in [0.29, 0.717) is 0 Å². The number of benzene rings is 1. The molecule has 2 rings (SSSR count). The van der Waals surface area contributed by atoms with Crippen LogP contribution in [0.5, 0.6) is 0 Å². The monoisotopic (exact) mass is 208 g/mol. The van der Waals surface area contributed by atoms with Gasteiger partial charge in [0.15, 0.2) is 0 Å². The zero-order valence-corrected chi connectivity index (χ0v) is 8.80. The Morgan fingerprint density at radius 1 is 1.13 bits per heavy atom. The molecule has 0 amide bonds. The summed E-state index contributed by atoms with van der Waals surface area (Å²) >= 11 is 0. The number of rotatable bonds is 1. The van der Waals surface area contributed by atoms with Crippen molar-refractivity contribution in [3.05, 3.63) is 35.6 Å². The predicted octanol–water partition coefficient (Wildman–Crippen LogP) is 1.84. The van der Waals surface area contributed by atoms with Gasteiger partial charge in [0, 0.05) is 24.7 Å². The van der Waals surface area contributed by atoms with Gasteiger partial charge in [-0.25, -0.2) is 4.39 Å². The Hall–Kier alpha value is -0.930. The maximum atomic E-state index is 13.6. The van der Waals surface area contributed by atoms with E-state index in [1.54, 1.807) is 6.07 Å². The van der Waals surface area contributed by atoms with Crippen LogP contribution in [0.1, 0.15) is 24.4 Å². The highest BCUT2D eigenvalue weighted by atomic mass is 19.1. The quantitative estimate of drug-likeness (QED) is 0.736. The van der Waals surface area contributed by atoms with Gasteiger partial charge in [0.05, 0.1) is 0 Å². The van der Waals surface area contributed by atoms with Crippen LogP contribution in [-0.2, 0) is 0 Å². The van der Waals surface area contributed by atoms with E-state index in [1.807, 2.05) is 12.1 Å². The van der Waals surface area contributed by atoms with Crippen molar-refractivity contribution >= 4 is 0 Å². The largest absolute Gasteiger partial charge is 0.315 e. The SMILES string of the molecule is Fc1ccccc1[C@@H]1CCCNCCN1. The van der Waals surface area contributed by atoms with Crippen molar-refractivity contribution in [2.45, 2.75) is 18.9 Å². The van der Waals surface area contributed by atoms with Crippen molar-refractivity contribution < 1.29 is 4.39 Å². The van der Waals surface area contributed by atoms with E-state index in [0.717, 1.165) is 38.0 Å². The number of hydrogen-bond donors (Lipinski definition) is 2. The van der Waals surface area contributed by atoms with Gasteiger partial charge < -0.3 is 10.6 Å². The van der Waals surface area contributed by atoms with E-state index in [4.69, 9.17) is 0 Å². The first-order valence-electron chi connectivity index (χ1n) is 5.56. The van der Waals surface area contributed by atoms with Crippen LogP contribution >= 0.6 is 0 Å². The Kier molecular flexibility index (Phi) is 3.69. The first kappa shape index (κ1) is 10.6. The summed E-state index contributed by atoms with van der Waals surface area (Å²) in [5.41, 5.74) is 0.805. The van der Waals surface area contributed by atoms with Crippen molar-refractivity contribution in [1.29, 1.82) is 0 Å². The van der Waals surface area contributed by atoms with Crippen LogP contribution in [0.4, 0.5) is 4.39 Å². The van der Waals surface area contributed by atoms with Gasteiger partial charge in [-0.3, -0.25) is 0 Å². The summed E-state index contributed by atoms with van der Waals surface area (Å²) in [4.78, 5) is 0. The highest BCUT2D eigenvalue weighted by molar-refractivity contribution is 5.21. The van der Waals surface area contributed by atoms with Crippen molar-refractivity contribution in [1.82, 2.24) is 10.6 Å². The molecule has 0 radical (unpaired) electrons. The standard InChI is InChI=1S/C12H17FN2/c13-11-5-2-1-4-10(11)12-6-3-7-14-8-9-15-12/h1-2,4-5,12,14-15H,3,6-9H2/t12-/m0/s1. The summed E-state index contributed by atoms with van der Waals surface area (Å²) in [5.74, 6) is -0.0940. The number of halogens is 1. The Morgan fingerprint density at radius 2 is 2.00 bits per heavy atom. The Morgan fingerprint density at radius 3 is 2.87 bits per heavy atom. The molecular weight excluding hydrogens is 191 g/mol. The number of nitrogens with one attached hydrogen (secondary N) is 2. The maximum Gasteiger partial charge on any atom is 0.127 e. The molecule has 1 fully saturated rings. The van der Waals surface area contributed by atoms with Gasteiger partial charge in [-0.2, -0.15) is 0 Å². The molecule has 0 saturated carbocycles. The smallest absolute Gasteiger partial charge is 0.127 e. The first-order valence-corrected chi connectivity index (χ1v) is 5.56. The fourth-order valence-corrected chi connectivity index (χ4v) is 2.02. The normalized spacial score (nSPS) is 23.1. The lowest BCUT2D eigenvalue weighted by Gasteiger charge is -2.22. The van der Waals surface area contributed by atoms with Gasteiger partial charge in [-0.05, 0) is 25.5 Å². The molecule has 0 aromatic heterocycles. The van der Waals surface area contributed by atoms with Gasteiger partial charge in [-0.15, -0.1) is 0 Å². The van der Waals surface area contributed by atoms with Crippen LogP contribution in [0.25, 0.3) is 0 Å². The highest BCUT2D eigenvalue weighted by Gasteiger charge is 2.15. The first-order chi connectivity index (χ1) is 7.38. The van der Waals surface area contributed by atoms with Crippen molar-refractivity contribution in [3.63, 3.8) is 0 Å². The van der Waals surface area contributed by atoms with Crippen molar-refractivity contribution in [3.8, 4) is 0 Å². The molecule has 1 saturated heterocycles. The molecule has 0 unspecified atom stereocenters. The summed E-state index contributed by atoms with van der Waals surface area (Å²) in [6, 6.07) is 7.23. The maximum absolute atomic E-state index is 13.6. The van der Waals surface area contributed by atoms with Crippen LogP contribution in [0, 0.1) is 5.82 Å². The Labute approximate surface area is 89.9 Å². The zero-order valence-electron chi connectivity index (χ0n) is 8.80. The van der Waals surface area contributed by atoms with E-state index in [2.05, 4.69) is 10.6 Å². The Balaban J connectivity index is 2.10. The minimum Gasteiger partial charge on any atom is -0.315 e. The van der Waals surface area contributed by atoms with E-state index >= 15 is 0 Å². The third-order valence-corrected chi connectivity index (χ3v) is 2.82. The van der Waals surface area contributed by atoms with E-state index < -0.39 is 0 Å². The molecule has 1 aromatic rings. The van der Waals surface area contributed by atoms with Crippen LogP contribution in [0.2, 0.25) is 0 Å². The third kappa shape index (κ3) is 2.76. The molecule has 1 heterocycles. The molecule has 2 nitrogen and oxygen atoms in total. The fraction of sp³-hybridized carbons (Fsp3) is 0.500. The molecule has 1 aromatic carbocycles. The third-order valence-electron chi connectivity index (χ3n) is 2.82. The van der Waals surface area contributed by atoms with Crippen molar-refractivity contribution in [2.75, 3.05) is 19.6 Å². The summed E-state index contributed by atoms with van der Waals surface area (Å²) in [6.45, 7) is 2.90. The molecule has 15 heavy (non-hydrogen) atoms. The van der Waals surface area contributed by atoms with Crippen LogP contribution in [0.3, 0.4) is 0 Å². The second-order valence-corrected chi connectivity index (χ2v) is 3.92. The highest BCUT2D eigenvalue weighted by Crippen LogP contribution is 2.21. The second kappa shape index (κ2) is 5.24. The van der Waals surface area contributed by atoms with Crippen LogP contribution in [0.15, 0.2) is 24.3 Å². The molecular formula is C12H17FN2. The summed E-state index contributed by atoms with van der Waals surface area (Å²) in [5, 5.41) is 6.69. The van der Waals surface area contributed by atoms with Gasteiger partial charge in [0.1, 0.15) is 5.82 Å². The molecule has 82 valence electrons. The van der Waals surface area contributed by atoms with Gasteiger partial charge >= 0.3 is 0 Å². The zero-order chi connectivity index (χ0) is 10.5. The summed E-state index contributed by atoms with van der Waals surface area (Å²) in [6.07, 6.45) is 2.08. The fourth-order valence-electron chi connectivity index (χ4n) is 2.02. The van der Waals surface area contributed by atoms with E-state index in [9.17, 15) is 4.39 Å². The van der Waals surface area contributed by atoms with Crippen LogP contribution < -0.4 is 10.6 Å². The second-order valence-electron chi connectivity index (χ2n) is 3.92. The molecule has 0 spiro atoms. The molecule has 1 atom stereocenters. The van der Waals surface area contributed by atoms with Crippen molar-refractivity contribution in [2.24, 2.45) is 0 Å². The lowest BCUT2D eigenvalue weighted by molar-refractivity contribution is 0.424. The molecule has 0 bridgehead atoms. The molecule has 1 aliphatic heterocycles. The summed E-state index contributed by atoms with van der Waals surface area (Å²) < 4.78 is 13.6. The van der Waals surface area contributed by atoms with Gasteiger partial charge in [-0.1, -0.05) is 18.2 Å². The van der Waals surface area contributed by atoms with Gasteiger partial charge in [0.25, 0.3) is 0 Å². The van der Waals surface area contributed by atoms with E-state index in [1.165, 1.54) is 6.07 Å². The van der Waals surface area contributed by atoms with Crippen LogP contribution in [-0.4, -0.2) is 19.6 Å². The predicted molar refractivity (Wildman–Crippen MR) is 59.2 cm³/mol. The topological polar surface area (TPSA) is 24.1 Å². The molecule has 1 aliphatic rings. The Bertz CT molecular complexity index is 306. The minimum atomic E-state index is -0.0940. The molecule has 3 heteroatoms. The lowest BCUT2D eigenvalue weighted by atomic mass is 10.0. The van der Waals surface area contributed by atoms with Gasteiger partial charge in [0.2, 0.25) is 0 Å². The minimum absolute atomic E-state index is 0.0940. The number of hydrogen-bond acceptors (Lipinski definition) is 2. The summed E-state index contributed by atoms with van der Waals surface area (Å²) in [7, 11) is 0.